The summed E-state index contributed by atoms with van der Waals surface area (Å²) in [4.78, 5) is 24.0. The fraction of sp³-hybridized carbons (Fsp3) is 0.938. The van der Waals surface area contributed by atoms with E-state index in [1.807, 2.05) is 6.92 Å². The van der Waals surface area contributed by atoms with E-state index in [1.54, 1.807) is 6.92 Å². The molecule has 4 heteroatoms. The van der Waals surface area contributed by atoms with E-state index in [4.69, 9.17) is 4.74 Å². The van der Waals surface area contributed by atoms with Gasteiger partial charge in [0.2, 0.25) is 0 Å². The minimum absolute atomic E-state index is 0.00361. The van der Waals surface area contributed by atoms with Gasteiger partial charge in [-0.1, -0.05) is 48.5 Å². The van der Waals surface area contributed by atoms with E-state index in [-0.39, 0.29) is 39.7 Å². The minimum Gasteiger partial charge on any atom is -0.481 e. The third kappa shape index (κ3) is 3.36. The Kier molecular flexibility index (Phi) is 6.06. The summed E-state index contributed by atoms with van der Waals surface area (Å²) in [6.07, 6.45) is 12.0. The molecule has 204 valence electrons. The van der Waals surface area contributed by atoms with Crippen LogP contribution in [0.5, 0.6) is 0 Å². The summed E-state index contributed by atoms with van der Waals surface area (Å²) < 4.78 is 5.89. The Hall–Kier alpha value is -1.06. The average Bonchev–Trinajstić information content (AvgIpc) is 3.13. The number of aliphatic carboxylic acids is 1. The zero-order valence-corrected chi connectivity index (χ0v) is 24.3. The van der Waals surface area contributed by atoms with Crippen LogP contribution in [0.2, 0.25) is 0 Å². The van der Waals surface area contributed by atoms with E-state index in [9.17, 15) is 14.7 Å². The Morgan fingerprint density at radius 1 is 0.806 bits per heavy atom. The van der Waals surface area contributed by atoms with Gasteiger partial charge in [-0.3, -0.25) is 9.59 Å². The molecule has 0 radical (unpaired) electrons. The highest BCUT2D eigenvalue weighted by Gasteiger charge is 2.70. The first-order chi connectivity index (χ1) is 16.6. The molecule has 5 aliphatic carbocycles. The maximum atomic E-state index is 12.1. The molecule has 5 rings (SSSR count). The number of ether oxygens (including phenoxy) is 1. The molecule has 0 spiro atoms. The van der Waals surface area contributed by atoms with Crippen molar-refractivity contribution >= 4 is 11.9 Å². The van der Waals surface area contributed by atoms with Crippen LogP contribution < -0.4 is 0 Å². The van der Waals surface area contributed by atoms with Crippen molar-refractivity contribution in [3.8, 4) is 0 Å². The van der Waals surface area contributed by atoms with Crippen molar-refractivity contribution in [2.24, 2.45) is 62.6 Å². The number of carboxylic acids is 1. The number of rotatable bonds is 3. The van der Waals surface area contributed by atoms with Gasteiger partial charge < -0.3 is 9.84 Å². The molecule has 36 heavy (non-hydrogen) atoms. The molecule has 0 aliphatic heterocycles. The summed E-state index contributed by atoms with van der Waals surface area (Å²) >= 11 is 0. The predicted molar refractivity (Wildman–Crippen MR) is 142 cm³/mol. The lowest BCUT2D eigenvalue weighted by Crippen LogP contribution is -2.66. The smallest absolute Gasteiger partial charge is 0.306 e. The van der Waals surface area contributed by atoms with Gasteiger partial charge in [-0.15, -0.1) is 0 Å². The standard InChI is InChI=1S/C32H52O4/c1-19(27(34)35)21-11-14-29(5)17-18-31(7)22(26(21)29)9-10-24-30(6)15-13-25(36-20(2)33)28(3,4)23(30)12-16-32(24,31)8/h19,21-26H,9-18H2,1-8H3,(H,34,35)/t19-,21-,22+,23-,24+,25+,26+,29+,30-,31+,32+/m0/s1. The molecule has 1 N–H and O–H groups in total. The van der Waals surface area contributed by atoms with Crippen molar-refractivity contribution in [1.29, 1.82) is 0 Å². The second-order valence-corrected chi connectivity index (χ2v) is 15.6. The van der Waals surface area contributed by atoms with Gasteiger partial charge in [0.15, 0.2) is 0 Å². The van der Waals surface area contributed by atoms with Crippen molar-refractivity contribution in [3.05, 3.63) is 0 Å². The zero-order valence-electron chi connectivity index (χ0n) is 24.3. The number of hydrogen-bond donors (Lipinski definition) is 1. The Morgan fingerprint density at radius 2 is 1.50 bits per heavy atom. The van der Waals surface area contributed by atoms with Crippen molar-refractivity contribution in [2.45, 2.75) is 126 Å². The summed E-state index contributed by atoms with van der Waals surface area (Å²) in [5, 5.41) is 9.97. The maximum absolute atomic E-state index is 12.1. The minimum atomic E-state index is -0.601. The van der Waals surface area contributed by atoms with E-state index < -0.39 is 5.97 Å². The third-order valence-electron chi connectivity index (χ3n) is 14.2. The molecule has 4 nitrogen and oxygen atoms in total. The second-order valence-electron chi connectivity index (χ2n) is 15.6. The molecule has 0 aromatic carbocycles. The molecular weight excluding hydrogens is 448 g/mol. The summed E-state index contributed by atoms with van der Waals surface area (Å²) in [6, 6.07) is 0. The SMILES string of the molecule is CC(=O)O[C@@H]1CC[C@]2(C)[C@H]3CC[C@@H]4[C@H]5[C@H]([C@H](C)C(=O)O)CC[C@]5(C)CC[C@@]4(C)[C@]3(C)CC[C@H]2C1(C)C. The van der Waals surface area contributed by atoms with Crippen LogP contribution in [0.15, 0.2) is 0 Å². The maximum Gasteiger partial charge on any atom is 0.306 e. The molecule has 0 amide bonds. The largest absolute Gasteiger partial charge is 0.481 e. The van der Waals surface area contributed by atoms with Gasteiger partial charge in [0.1, 0.15) is 6.10 Å². The van der Waals surface area contributed by atoms with E-state index in [1.165, 1.54) is 44.9 Å². The molecule has 0 unspecified atom stereocenters. The molecule has 0 bridgehead atoms. The van der Waals surface area contributed by atoms with Crippen LogP contribution in [0, 0.1) is 62.6 Å². The van der Waals surface area contributed by atoms with Crippen LogP contribution >= 0.6 is 0 Å². The van der Waals surface area contributed by atoms with Crippen LogP contribution in [0.4, 0.5) is 0 Å². The fourth-order valence-corrected chi connectivity index (χ4v) is 12.1. The van der Waals surface area contributed by atoms with Gasteiger partial charge in [-0.2, -0.15) is 0 Å². The van der Waals surface area contributed by atoms with Crippen molar-refractivity contribution < 1.29 is 19.4 Å². The van der Waals surface area contributed by atoms with Crippen LogP contribution in [-0.4, -0.2) is 23.1 Å². The van der Waals surface area contributed by atoms with Crippen LogP contribution in [0.25, 0.3) is 0 Å². The van der Waals surface area contributed by atoms with E-state index >= 15 is 0 Å². The van der Waals surface area contributed by atoms with Gasteiger partial charge in [-0.25, -0.2) is 0 Å². The number of esters is 1. The Labute approximate surface area is 219 Å². The van der Waals surface area contributed by atoms with Crippen LogP contribution in [0.1, 0.15) is 120 Å². The lowest BCUT2D eigenvalue weighted by atomic mass is 9.32. The number of carbonyl (C=O) groups excluding carboxylic acids is 1. The van der Waals surface area contributed by atoms with Crippen molar-refractivity contribution in [3.63, 3.8) is 0 Å². The quantitative estimate of drug-likeness (QED) is 0.403. The number of carbonyl (C=O) groups is 2. The Morgan fingerprint density at radius 3 is 2.14 bits per heavy atom. The van der Waals surface area contributed by atoms with E-state index in [0.717, 1.165) is 19.3 Å². The average molecular weight is 501 g/mol. The highest BCUT2D eigenvalue weighted by molar-refractivity contribution is 5.70. The highest BCUT2D eigenvalue weighted by Crippen LogP contribution is 2.77. The van der Waals surface area contributed by atoms with Gasteiger partial charge in [-0.05, 0) is 115 Å². The second kappa shape index (κ2) is 8.22. The lowest BCUT2D eigenvalue weighted by Gasteiger charge is -2.73. The van der Waals surface area contributed by atoms with Gasteiger partial charge in [0.25, 0.3) is 0 Å². The molecule has 0 heterocycles. The monoisotopic (exact) mass is 500 g/mol. The molecule has 5 aliphatic rings. The lowest BCUT2D eigenvalue weighted by molar-refractivity contribution is -0.250. The van der Waals surface area contributed by atoms with Gasteiger partial charge in [0.05, 0.1) is 5.92 Å². The number of carboxylic acid groups (broad SMARTS) is 1. The number of fused-ring (bicyclic) bond motifs is 7. The molecule has 0 saturated heterocycles. The van der Waals surface area contributed by atoms with E-state index in [0.29, 0.717) is 35.0 Å². The summed E-state index contributed by atoms with van der Waals surface area (Å²) in [5.74, 6) is 1.77. The first-order valence-electron chi connectivity index (χ1n) is 15.0. The normalized spacial score (nSPS) is 52.2. The molecule has 5 fully saturated rings. The third-order valence-corrected chi connectivity index (χ3v) is 14.2. The summed E-state index contributed by atoms with van der Waals surface area (Å²) in [6.45, 7) is 18.6. The predicted octanol–water partition coefficient (Wildman–Crippen LogP) is 7.74. The van der Waals surface area contributed by atoms with Crippen LogP contribution in [-0.2, 0) is 14.3 Å². The van der Waals surface area contributed by atoms with Crippen molar-refractivity contribution in [1.82, 2.24) is 0 Å². The fourth-order valence-electron chi connectivity index (χ4n) is 12.1. The molecule has 11 atom stereocenters. The molecule has 0 aromatic rings. The zero-order chi connectivity index (χ0) is 26.5. The van der Waals surface area contributed by atoms with Gasteiger partial charge >= 0.3 is 11.9 Å². The van der Waals surface area contributed by atoms with E-state index in [2.05, 4.69) is 41.5 Å². The number of hydrogen-bond acceptors (Lipinski definition) is 3. The van der Waals surface area contributed by atoms with Crippen LogP contribution in [0.3, 0.4) is 0 Å². The van der Waals surface area contributed by atoms with Gasteiger partial charge in [0, 0.05) is 12.3 Å². The van der Waals surface area contributed by atoms with Crippen molar-refractivity contribution in [2.75, 3.05) is 0 Å². The first kappa shape index (κ1) is 26.5. The first-order valence-corrected chi connectivity index (χ1v) is 15.0. The molecule has 0 aromatic heterocycles. The summed E-state index contributed by atoms with van der Waals surface area (Å²) in [7, 11) is 0. The highest BCUT2D eigenvalue weighted by atomic mass is 16.5. The summed E-state index contributed by atoms with van der Waals surface area (Å²) in [5.41, 5.74) is 1.13. The Balaban J connectivity index is 1.49. The Bertz CT molecular complexity index is 925. The topological polar surface area (TPSA) is 63.6 Å². The molecular formula is C32H52O4. The molecule has 5 saturated carbocycles.